The van der Waals surface area contributed by atoms with Crippen molar-refractivity contribution in [2.75, 3.05) is 0 Å². The Morgan fingerprint density at radius 1 is 1.45 bits per heavy atom. The Hall–Kier alpha value is -0.540. The molecular weight excluding hydrogens is 231 g/mol. The summed E-state index contributed by atoms with van der Waals surface area (Å²) in [6, 6.07) is 4.37. The van der Waals surface area contributed by atoms with Gasteiger partial charge in [0.15, 0.2) is 0 Å². The van der Waals surface area contributed by atoms with Crippen molar-refractivity contribution < 1.29 is 9.90 Å². The molecule has 0 saturated heterocycles. The monoisotopic (exact) mass is 233 g/mol. The second-order valence-corrected chi connectivity index (χ2v) is 3.30. The highest BCUT2D eigenvalue weighted by molar-refractivity contribution is 9.10. The topological polar surface area (TPSA) is 40.1 Å². The molecule has 1 rings (SSSR count). The van der Waals surface area contributed by atoms with Crippen LogP contribution < -0.4 is 5.11 Å². The highest BCUT2D eigenvalue weighted by Crippen LogP contribution is 2.18. The van der Waals surface area contributed by atoms with Gasteiger partial charge in [-0.2, -0.15) is 0 Å². The predicted molar refractivity (Wildman–Crippen MR) is 43.5 cm³/mol. The number of halogens is 2. The van der Waals surface area contributed by atoms with Crippen LogP contribution in [0.2, 0.25) is 5.02 Å². The molecule has 0 aromatic heterocycles. The van der Waals surface area contributed by atoms with Crippen molar-refractivity contribution in [3.63, 3.8) is 0 Å². The van der Waals surface area contributed by atoms with Gasteiger partial charge in [-0.3, -0.25) is 0 Å². The van der Waals surface area contributed by atoms with Gasteiger partial charge in [0.1, 0.15) is 0 Å². The van der Waals surface area contributed by atoms with Crippen molar-refractivity contribution in [3.8, 4) is 0 Å². The SMILES string of the molecule is O=C([O-])c1cc(Cl)cc(Br)c1. The van der Waals surface area contributed by atoms with E-state index in [0.717, 1.165) is 0 Å². The lowest BCUT2D eigenvalue weighted by Crippen LogP contribution is -2.22. The number of carboxylic acids is 1. The van der Waals surface area contributed by atoms with Crippen molar-refractivity contribution in [3.05, 3.63) is 33.3 Å². The van der Waals surface area contributed by atoms with Crippen LogP contribution in [-0.2, 0) is 0 Å². The molecule has 0 fully saturated rings. The first-order chi connectivity index (χ1) is 5.09. The van der Waals surface area contributed by atoms with E-state index in [1.807, 2.05) is 0 Å². The van der Waals surface area contributed by atoms with Gasteiger partial charge in [0, 0.05) is 9.50 Å². The molecule has 0 amide bonds. The normalized spacial score (nSPS) is 9.64. The largest absolute Gasteiger partial charge is 0.545 e. The maximum Gasteiger partial charge on any atom is 0.0716 e. The Labute approximate surface area is 76.9 Å². The number of aromatic carboxylic acids is 1. The van der Waals surface area contributed by atoms with Gasteiger partial charge in [0.2, 0.25) is 0 Å². The number of hydrogen-bond acceptors (Lipinski definition) is 2. The first-order valence-corrected chi connectivity index (χ1v) is 3.94. The number of carbonyl (C=O) groups is 1. The fourth-order valence-electron chi connectivity index (χ4n) is 0.672. The van der Waals surface area contributed by atoms with E-state index in [1.54, 1.807) is 6.07 Å². The molecule has 0 spiro atoms. The van der Waals surface area contributed by atoms with E-state index in [1.165, 1.54) is 12.1 Å². The van der Waals surface area contributed by atoms with E-state index in [-0.39, 0.29) is 5.56 Å². The van der Waals surface area contributed by atoms with Crippen LogP contribution in [0.5, 0.6) is 0 Å². The summed E-state index contributed by atoms with van der Waals surface area (Å²) >= 11 is 8.68. The summed E-state index contributed by atoms with van der Waals surface area (Å²) in [5.41, 5.74) is 0.0735. The van der Waals surface area contributed by atoms with Gasteiger partial charge in [-0.25, -0.2) is 0 Å². The number of hydrogen-bond donors (Lipinski definition) is 0. The fourth-order valence-corrected chi connectivity index (χ4v) is 1.53. The van der Waals surface area contributed by atoms with Gasteiger partial charge in [0.05, 0.1) is 5.97 Å². The van der Waals surface area contributed by atoms with Crippen molar-refractivity contribution in [1.29, 1.82) is 0 Å². The standard InChI is InChI=1S/C7H4BrClO2/c8-5-1-4(7(10)11)2-6(9)3-5/h1-3H,(H,10,11)/p-1. The molecule has 0 atom stereocenters. The Morgan fingerprint density at radius 3 is 2.55 bits per heavy atom. The van der Waals surface area contributed by atoms with Crippen molar-refractivity contribution in [2.45, 2.75) is 0 Å². The van der Waals surface area contributed by atoms with E-state index in [0.29, 0.717) is 9.50 Å². The third kappa shape index (κ3) is 2.20. The summed E-state index contributed by atoms with van der Waals surface area (Å²) < 4.78 is 0.629. The second-order valence-electron chi connectivity index (χ2n) is 1.95. The number of carbonyl (C=O) groups excluding carboxylic acids is 1. The molecule has 0 unspecified atom stereocenters. The number of rotatable bonds is 1. The zero-order valence-electron chi connectivity index (χ0n) is 5.30. The van der Waals surface area contributed by atoms with Crippen LogP contribution in [0.25, 0.3) is 0 Å². The Morgan fingerprint density at radius 2 is 2.09 bits per heavy atom. The molecule has 0 aliphatic heterocycles. The van der Waals surface area contributed by atoms with Gasteiger partial charge >= 0.3 is 0 Å². The molecule has 0 aliphatic rings. The first kappa shape index (κ1) is 8.56. The highest BCUT2D eigenvalue weighted by Gasteiger charge is 1.97. The molecule has 11 heavy (non-hydrogen) atoms. The van der Waals surface area contributed by atoms with Crippen molar-refractivity contribution in [1.82, 2.24) is 0 Å². The lowest BCUT2D eigenvalue weighted by Gasteiger charge is -2.02. The van der Waals surface area contributed by atoms with Crippen LogP contribution in [0, 0.1) is 0 Å². The van der Waals surface area contributed by atoms with Crippen molar-refractivity contribution >= 4 is 33.5 Å². The van der Waals surface area contributed by atoms with E-state index < -0.39 is 5.97 Å². The third-order valence-electron chi connectivity index (χ3n) is 1.10. The molecule has 0 aliphatic carbocycles. The third-order valence-corrected chi connectivity index (χ3v) is 1.77. The minimum absolute atomic E-state index is 0.0735. The molecule has 4 heteroatoms. The maximum absolute atomic E-state index is 10.3. The first-order valence-electron chi connectivity index (χ1n) is 2.77. The smallest absolute Gasteiger partial charge is 0.0716 e. The highest BCUT2D eigenvalue weighted by atomic mass is 79.9. The Kier molecular flexibility index (Phi) is 2.52. The zero-order valence-corrected chi connectivity index (χ0v) is 7.65. The molecule has 0 N–H and O–H groups in total. The van der Waals surface area contributed by atoms with E-state index >= 15 is 0 Å². The van der Waals surface area contributed by atoms with Gasteiger partial charge < -0.3 is 9.90 Å². The fraction of sp³-hybridized carbons (Fsp3) is 0. The Balaban J connectivity index is 3.19. The molecule has 2 nitrogen and oxygen atoms in total. The van der Waals surface area contributed by atoms with Gasteiger partial charge in [-0.15, -0.1) is 0 Å². The molecule has 0 saturated carbocycles. The molecule has 0 radical (unpaired) electrons. The van der Waals surface area contributed by atoms with Crippen molar-refractivity contribution in [2.24, 2.45) is 0 Å². The average Bonchev–Trinajstić information content (AvgIpc) is 1.85. The average molecular weight is 234 g/mol. The number of benzene rings is 1. The van der Waals surface area contributed by atoms with Crippen LogP contribution in [-0.4, -0.2) is 5.97 Å². The molecule has 0 heterocycles. The summed E-state index contributed by atoms with van der Waals surface area (Å²) in [5, 5.41) is 10.7. The van der Waals surface area contributed by atoms with E-state index in [2.05, 4.69) is 15.9 Å². The van der Waals surface area contributed by atoms with Crippen LogP contribution >= 0.6 is 27.5 Å². The zero-order chi connectivity index (χ0) is 8.43. The number of carboxylic acid groups (broad SMARTS) is 1. The minimum Gasteiger partial charge on any atom is -0.545 e. The van der Waals surface area contributed by atoms with Crippen LogP contribution in [0.15, 0.2) is 22.7 Å². The quantitative estimate of drug-likeness (QED) is 0.738. The van der Waals surface area contributed by atoms with E-state index in [9.17, 15) is 9.90 Å². The van der Waals surface area contributed by atoms with Crippen LogP contribution in [0.4, 0.5) is 0 Å². The van der Waals surface area contributed by atoms with Crippen LogP contribution in [0.3, 0.4) is 0 Å². The summed E-state index contributed by atoms with van der Waals surface area (Å²) in [7, 11) is 0. The summed E-state index contributed by atoms with van der Waals surface area (Å²) in [5.74, 6) is -1.23. The lowest BCUT2D eigenvalue weighted by atomic mass is 10.2. The van der Waals surface area contributed by atoms with Gasteiger partial charge in [-0.05, 0) is 23.8 Å². The molecule has 1 aromatic carbocycles. The lowest BCUT2D eigenvalue weighted by molar-refractivity contribution is -0.255. The predicted octanol–water partition coefficient (Wildman–Crippen LogP) is 1.47. The second kappa shape index (κ2) is 3.24. The molecule has 0 bridgehead atoms. The molecule has 1 aromatic rings. The molecule has 58 valence electrons. The summed E-state index contributed by atoms with van der Waals surface area (Å²) in [6.07, 6.45) is 0. The van der Waals surface area contributed by atoms with Gasteiger partial charge in [0.25, 0.3) is 0 Å². The molecular formula is C7H3BrClO2-. The van der Waals surface area contributed by atoms with Crippen LogP contribution in [0.1, 0.15) is 10.4 Å². The van der Waals surface area contributed by atoms with Gasteiger partial charge in [-0.1, -0.05) is 27.5 Å². The summed E-state index contributed by atoms with van der Waals surface area (Å²) in [4.78, 5) is 10.3. The maximum atomic E-state index is 10.3. The van der Waals surface area contributed by atoms with E-state index in [4.69, 9.17) is 11.6 Å². The summed E-state index contributed by atoms with van der Waals surface area (Å²) in [6.45, 7) is 0. The Bertz CT molecular complexity index is 278. The minimum atomic E-state index is -1.23.